The third-order valence-corrected chi connectivity index (χ3v) is 11.0. The first-order valence-electron chi connectivity index (χ1n) is 13.2. The van der Waals surface area contributed by atoms with Gasteiger partial charge < -0.3 is 5.11 Å². The summed E-state index contributed by atoms with van der Waals surface area (Å²) in [6, 6.07) is 0. The van der Waals surface area contributed by atoms with Crippen LogP contribution in [0.5, 0.6) is 0 Å². The Morgan fingerprint density at radius 1 is 0.933 bits per heavy atom. The first-order chi connectivity index (χ1) is 14.1. The van der Waals surface area contributed by atoms with E-state index >= 15 is 0 Å². The van der Waals surface area contributed by atoms with Crippen molar-refractivity contribution in [2.24, 2.45) is 46.3 Å². The van der Waals surface area contributed by atoms with Gasteiger partial charge in [-0.3, -0.25) is 0 Å². The van der Waals surface area contributed by atoms with Gasteiger partial charge >= 0.3 is 0 Å². The van der Waals surface area contributed by atoms with E-state index in [0.29, 0.717) is 16.7 Å². The summed E-state index contributed by atoms with van der Waals surface area (Å²) in [5.41, 5.74) is 5.72. The van der Waals surface area contributed by atoms with E-state index in [4.69, 9.17) is 0 Å². The van der Waals surface area contributed by atoms with E-state index < -0.39 is 0 Å². The Morgan fingerprint density at radius 3 is 2.37 bits per heavy atom. The highest BCUT2D eigenvalue weighted by Crippen LogP contribution is 2.66. The average molecular weight is 413 g/mol. The highest BCUT2D eigenvalue weighted by atomic mass is 16.3. The van der Waals surface area contributed by atoms with Gasteiger partial charge in [0.05, 0.1) is 6.10 Å². The lowest BCUT2D eigenvalue weighted by atomic mass is 9.48. The molecule has 1 heteroatoms. The monoisotopic (exact) mass is 412 g/mol. The van der Waals surface area contributed by atoms with E-state index in [0.717, 1.165) is 41.6 Å². The lowest BCUT2D eigenvalue weighted by Gasteiger charge is -2.57. The van der Waals surface area contributed by atoms with Gasteiger partial charge in [-0.1, -0.05) is 72.1 Å². The van der Waals surface area contributed by atoms with Crippen molar-refractivity contribution < 1.29 is 5.11 Å². The third-order valence-electron chi connectivity index (χ3n) is 11.0. The molecule has 8 atom stereocenters. The molecular weight excluding hydrogens is 364 g/mol. The second-order valence-electron chi connectivity index (χ2n) is 12.7. The molecule has 0 aliphatic heterocycles. The maximum atomic E-state index is 10.4. The molecule has 0 spiro atoms. The average Bonchev–Trinajstić information content (AvgIpc) is 3.06. The van der Waals surface area contributed by atoms with Crippen LogP contribution in [-0.2, 0) is 0 Å². The van der Waals surface area contributed by atoms with Gasteiger partial charge in [0.25, 0.3) is 0 Å². The summed E-state index contributed by atoms with van der Waals surface area (Å²) in [4.78, 5) is 0. The minimum atomic E-state index is -0.254. The van der Waals surface area contributed by atoms with E-state index in [1.165, 1.54) is 57.8 Å². The van der Waals surface area contributed by atoms with Crippen LogP contribution in [0.4, 0.5) is 0 Å². The molecule has 30 heavy (non-hydrogen) atoms. The van der Waals surface area contributed by atoms with Gasteiger partial charge in [0.15, 0.2) is 0 Å². The molecule has 170 valence electrons. The largest absolute Gasteiger partial charge is 0.389 e. The fourth-order valence-corrected chi connectivity index (χ4v) is 8.54. The molecular formula is C29H48O. The normalized spacial score (nSPS) is 43.3. The molecule has 0 bridgehead atoms. The Balaban J connectivity index is 1.55. The molecule has 4 aliphatic rings. The van der Waals surface area contributed by atoms with E-state index in [2.05, 4.69) is 48.1 Å². The summed E-state index contributed by atoms with van der Waals surface area (Å²) >= 11 is 0. The molecule has 1 N–H and O–H groups in total. The SMILES string of the molecule is C=C1[C@H](O)CC[C@]2(C)[C@@H]1CCC1=C3CC[C@H]([C@H](C)CC[C@H](C)C(C)C)[C@@]3(C)CC[C@@H]12. The van der Waals surface area contributed by atoms with Gasteiger partial charge in [0.2, 0.25) is 0 Å². The number of aliphatic hydroxyl groups excluding tert-OH is 1. The van der Waals surface area contributed by atoms with E-state index in [-0.39, 0.29) is 6.10 Å². The van der Waals surface area contributed by atoms with Gasteiger partial charge in [-0.2, -0.15) is 0 Å². The molecule has 0 heterocycles. The molecule has 1 nitrogen and oxygen atoms in total. The number of fused-ring (bicyclic) bond motifs is 4. The predicted molar refractivity (Wildman–Crippen MR) is 128 cm³/mol. The minimum Gasteiger partial charge on any atom is -0.389 e. The molecule has 4 aliphatic carbocycles. The van der Waals surface area contributed by atoms with E-state index in [1.54, 1.807) is 0 Å². The van der Waals surface area contributed by atoms with Crippen LogP contribution < -0.4 is 0 Å². The van der Waals surface area contributed by atoms with Crippen LogP contribution in [0.2, 0.25) is 0 Å². The van der Waals surface area contributed by atoms with Gasteiger partial charge in [-0.05, 0) is 103 Å². The summed E-state index contributed by atoms with van der Waals surface area (Å²) in [6.45, 7) is 19.3. The number of rotatable bonds is 5. The molecule has 0 saturated heterocycles. The Labute approximate surface area is 186 Å². The van der Waals surface area contributed by atoms with Crippen molar-refractivity contribution in [3.63, 3.8) is 0 Å². The molecule has 0 radical (unpaired) electrons. The van der Waals surface area contributed by atoms with Crippen LogP contribution >= 0.6 is 0 Å². The van der Waals surface area contributed by atoms with Crippen LogP contribution in [0, 0.1) is 46.3 Å². The highest BCUT2D eigenvalue weighted by Gasteiger charge is 2.56. The highest BCUT2D eigenvalue weighted by molar-refractivity contribution is 5.36. The van der Waals surface area contributed by atoms with Crippen molar-refractivity contribution in [2.75, 3.05) is 0 Å². The predicted octanol–water partition coefficient (Wildman–Crippen LogP) is 7.94. The molecule has 0 aromatic carbocycles. The van der Waals surface area contributed by atoms with Crippen molar-refractivity contribution in [2.45, 2.75) is 112 Å². The zero-order chi connectivity index (χ0) is 21.8. The van der Waals surface area contributed by atoms with Crippen molar-refractivity contribution in [1.82, 2.24) is 0 Å². The van der Waals surface area contributed by atoms with Crippen molar-refractivity contribution in [3.05, 3.63) is 23.3 Å². The lowest BCUT2D eigenvalue weighted by molar-refractivity contribution is 0.00282. The van der Waals surface area contributed by atoms with Crippen LogP contribution in [0.1, 0.15) is 106 Å². The van der Waals surface area contributed by atoms with Crippen LogP contribution in [0.15, 0.2) is 23.3 Å². The quantitative estimate of drug-likeness (QED) is 0.454. The number of hydrogen-bond donors (Lipinski definition) is 1. The van der Waals surface area contributed by atoms with Gasteiger partial charge in [0, 0.05) is 0 Å². The number of allylic oxidation sites excluding steroid dienone is 2. The zero-order valence-electron chi connectivity index (χ0n) is 20.8. The third kappa shape index (κ3) is 3.46. The first kappa shape index (κ1) is 22.6. The van der Waals surface area contributed by atoms with Crippen molar-refractivity contribution in [1.29, 1.82) is 0 Å². The molecule has 3 fully saturated rings. The Kier molecular flexibility index (Phi) is 6.10. The maximum Gasteiger partial charge on any atom is 0.0750 e. The lowest BCUT2D eigenvalue weighted by Crippen LogP contribution is -2.49. The van der Waals surface area contributed by atoms with E-state index in [9.17, 15) is 5.11 Å². The second kappa shape index (κ2) is 8.09. The van der Waals surface area contributed by atoms with Gasteiger partial charge in [0.1, 0.15) is 0 Å². The number of aliphatic hydroxyl groups is 1. The fraction of sp³-hybridized carbons (Fsp3) is 0.862. The molecule has 0 amide bonds. The number of hydrogen-bond acceptors (Lipinski definition) is 1. The minimum absolute atomic E-state index is 0.254. The maximum absolute atomic E-state index is 10.4. The fourth-order valence-electron chi connectivity index (χ4n) is 8.54. The molecule has 3 saturated carbocycles. The van der Waals surface area contributed by atoms with Crippen LogP contribution in [0.25, 0.3) is 0 Å². The van der Waals surface area contributed by atoms with Gasteiger partial charge in [-0.15, -0.1) is 0 Å². The standard InChI is InChI=1S/C29H48O/c1-18(2)19(3)8-9-20(4)23-12-13-25-22-10-11-24-21(5)27(30)15-17-29(24,7)26(22)14-16-28(23,25)6/h18-20,23-24,26-27,30H,5,8-17H2,1-4,6-7H3/t19-,20+,23+,24+,26-,27+,28+,29+/m0/s1. The Bertz CT molecular complexity index is 701. The molecule has 0 aromatic heterocycles. The zero-order valence-corrected chi connectivity index (χ0v) is 20.8. The Morgan fingerprint density at radius 2 is 1.67 bits per heavy atom. The molecule has 0 aromatic rings. The summed E-state index contributed by atoms with van der Waals surface area (Å²) in [6.07, 6.45) is 12.7. The second-order valence-corrected chi connectivity index (χ2v) is 12.7. The van der Waals surface area contributed by atoms with Crippen molar-refractivity contribution in [3.8, 4) is 0 Å². The van der Waals surface area contributed by atoms with Crippen LogP contribution in [-0.4, -0.2) is 11.2 Å². The molecule has 4 rings (SSSR count). The topological polar surface area (TPSA) is 20.2 Å². The summed E-state index contributed by atoms with van der Waals surface area (Å²) in [7, 11) is 0. The van der Waals surface area contributed by atoms with Crippen molar-refractivity contribution >= 4 is 0 Å². The molecule has 0 unspecified atom stereocenters. The smallest absolute Gasteiger partial charge is 0.0750 e. The summed E-state index contributed by atoms with van der Waals surface area (Å²) < 4.78 is 0. The summed E-state index contributed by atoms with van der Waals surface area (Å²) in [5, 5.41) is 10.4. The van der Waals surface area contributed by atoms with Crippen LogP contribution in [0.3, 0.4) is 0 Å². The first-order valence-corrected chi connectivity index (χ1v) is 13.2. The van der Waals surface area contributed by atoms with Gasteiger partial charge in [-0.25, -0.2) is 0 Å². The van der Waals surface area contributed by atoms with E-state index in [1.807, 2.05) is 11.1 Å². The summed E-state index contributed by atoms with van der Waals surface area (Å²) in [5.74, 6) is 4.67. The Hall–Kier alpha value is -0.560.